The van der Waals surface area contributed by atoms with Gasteiger partial charge in [-0.15, -0.1) is 0 Å². The molecule has 0 spiro atoms. The van der Waals surface area contributed by atoms with Crippen molar-refractivity contribution in [2.75, 3.05) is 0 Å². The largest absolute Gasteiger partial charge is 0.328 e. The predicted octanol–water partition coefficient (Wildman–Crippen LogP) is -1.42. The summed E-state index contributed by atoms with van der Waals surface area (Å²) in [7, 11) is 0. The molecule has 1 aromatic heterocycles. The zero-order chi connectivity index (χ0) is 14.9. The maximum Gasteiger partial charge on any atom is 0.328 e. The van der Waals surface area contributed by atoms with Gasteiger partial charge in [0, 0.05) is 0 Å². The normalized spacial score (nSPS) is 17.6. The first-order chi connectivity index (χ1) is 9.45. The smallest absolute Gasteiger partial charge is 0.275 e. The van der Waals surface area contributed by atoms with Gasteiger partial charge in [0.1, 0.15) is 0 Å². The van der Waals surface area contributed by atoms with Gasteiger partial charge >= 0.3 is 6.03 Å². The number of amides is 4. The molecule has 4 amide bonds. The number of hydrogen-bond donors (Lipinski definition) is 2. The molecule has 0 bridgehead atoms. The van der Waals surface area contributed by atoms with E-state index in [0.29, 0.717) is 9.75 Å². The van der Waals surface area contributed by atoms with Gasteiger partial charge < -0.3 is 0 Å². The summed E-state index contributed by atoms with van der Waals surface area (Å²) in [5, 5.41) is 4.21. The molecular formula is C12H11N3O4S. The molecule has 1 saturated heterocycles. The fraction of sp³-hybridized carbons (Fsp3) is 0.167. The van der Waals surface area contributed by atoms with Crippen LogP contribution in [0.3, 0.4) is 0 Å². The molecule has 0 atom stereocenters. The number of imide groups is 2. The second-order valence-electron chi connectivity index (χ2n) is 3.96. The molecule has 104 valence electrons. The van der Waals surface area contributed by atoms with Gasteiger partial charge in [-0.05, 0) is 13.0 Å². The minimum absolute atomic E-state index is 0.311. The summed E-state index contributed by atoms with van der Waals surface area (Å²) in [6.07, 6.45) is 4.95. The topological polar surface area (TPSA) is 97.3 Å². The standard InChI is InChI=1S/C12H11N3O4S/c1-3-4-5-7-6(2)20-15(11(7)18)8-9(16)13-12(19)14-10(8)17/h3-5,8H,2H2,1H3,(H2,13,14,16,17,19)/b4-3-,7-5+. The Morgan fingerprint density at radius 3 is 2.35 bits per heavy atom. The maximum atomic E-state index is 12.2. The molecule has 1 aromatic rings. The van der Waals surface area contributed by atoms with Crippen molar-refractivity contribution in [2.45, 2.75) is 13.0 Å². The van der Waals surface area contributed by atoms with Gasteiger partial charge in [-0.3, -0.25) is 25.0 Å². The highest BCUT2D eigenvalue weighted by Gasteiger charge is 2.37. The summed E-state index contributed by atoms with van der Waals surface area (Å²) in [4.78, 5) is 46.6. The number of carbonyl (C=O) groups is 3. The van der Waals surface area contributed by atoms with E-state index in [0.717, 1.165) is 15.5 Å². The Labute approximate surface area is 117 Å². The Balaban J connectivity index is 2.58. The summed E-state index contributed by atoms with van der Waals surface area (Å²) in [5.74, 6) is -1.67. The Morgan fingerprint density at radius 1 is 1.20 bits per heavy atom. The fourth-order valence-corrected chi connectivity index (χ4v) is 2.67. The summed E-state index contributed by atoms with van der Waals surface area (Å²) in [6, 6.07) is -2.28. The van der Waals surface area contributed by atoms with E-state index in [1.165, 1.54) is 0 Å². The van der Waals surface area contributed by atoms with Crippen molar-refractivity contribution in [3.8, 4) is 0 Å². The van der Waals surface area contributed by atoms with Gasteiger partial charge in [-0.25, -0.2) is 8.75 Å². The molecule has 0 unspecified atom stereocenters. The monoisotopic (exact) mass is 293 g/mol. The van der Waals surface area contributed by atoms with Gasteiger partial charge in [0.25, 0.3) is 17.4 Å². The fourth-order valence-electron chi connectivity index (χ4n) is 1.70. The first kappa shape index (κ1) is 13.9. The highest BCUT2D eigenvalue weighted by atomic mass is 32.1. The molecule has 0 aliphatic carbocycles. The molecule has 2 heterocycles. The second kappa shape index (κ2) is 5.25. The van der Waals surface area contributed by atoms with Crippen LogP contribution in [0.15, 0.2) is 16.9 Å². The van der Waals surface area contributed by atoms with Crippen LogP contribution in [-0.2, 0) is 9.59 Å². The summed E-state index contributed by atoms with van der Waals surface area (Å²) < 4.78 is 1.44. The van der Waals surface area contributed by atoms with Crippen LogP contribution in [0.4, 0.5) is 4.79 Å². The predicted molar refractivity (Wildman–Crippen MR) is 73.3 cm³/mol. The second-order valence-corrected chi connectivity index (χ2v) is 5.03. The van der Waals surface area contributed by atoms with Crippen molar-refractivity contribution in [1.82, 2.24) is 14.6 Å². The third-order valence-corrected chi connectivity index (χ3v) is 3.61. The number of urea groups is 1. The molecule has 7 nitrogen and oxygen atoms in total. The van der Waals surface area contributed by atoms with E-state index < -0.39 is 29.4 Å². The zero-order valence-corrected chi connectivity index (χ0v) is 11.3. The van der Waals surface area contributed by atoms with Gasteiger partial charge in [-0.1, -0.05) is 30.3 Å². The zero-order valence-electron chi connectivity index (χ0n) is 10.5. The Kier molecular flexibility index (Phi) is 3.66. The van der Waals surface area contributed by atoms with Crippen molar-refractivity contribution >= 4 is 42.0 Å². The van der Waals surface area contributed by atoms with E-state index in [9.17, 15) is 19.2 Å². The van der Waals surface area contributed by atoms with E-state index in [1.54, 1.807) is 25.2 Å². The number of nitrogens with zero attached hydrogens (tertiary/aromatic N) is 1. The molecule has 0 radical (unpaired) electrons. The lowest BCUT2D eigenvalue weighted by Crippen LogP contribution is -2.57. The van der Waals surface area contributed by atoms with E-state index in [4.69, 9.17) is 0 Å². The van der Waals surface area contributed by atoms with Crippen LogP contribution in [0.25, 0.3) is 12.7 Å². The minimum atomic E-state index is -1.39. The molecule has 0 aromatic carbocycles. The van der Waals surface area contributed by atoms with Crippen LogP contribution in [0, 0.1) is 0 Å². The van der Waals surface area contributed by atoms with E-state index in [1.807, 2.05) is 10.6 Å². The van der Waals surface area contributed by atoms with E-state index in [-0.39, 0.29) is 0 Å². The average Bonchev–Trinajstić information content (AvgIpc) is 2.62. The number of nitrogens with one attached hydrogen (secondary N) is 2. The average molecular weight is 293 g/mol. The highest BCUT2D eigenvalue weighted by molar-refractivity contribution is 7.04. The van der Waals surface area contributed by atoms with Gasteiger partial charge in [-0.2, -0.15) is 0 Å². The third-order valence-electron chi connectivity index (χ3n) is 2.60. The Morgan fingerprint density at radius 2 is 1.80 bits per heavy atom. The number of barbiturate groups is 1. The van der Waals surface area contributed by atoms with Crippen molar-refractivity contribution in [3.05, 3.63) is 32.3 Å². The quantitative estimate of drug-likeness (QED) is 0.654. The van der Waals surface area contributed by atoms with Crippen LogP contribution in [-0.4, -0.2) is 21.8 Å². The summed E-state index contributed by atoms with van der Waals surface area (Å²) in [5.41, 5.74) is -0.497. The number of hydrogen-bond acceptors (Lipinski definition) is 5. The van der Waals surface area contributed by atoms with Gasteiger partial charge in [0.2, 0.25) is 6.04 Å². The number of aromatic nitrogens is 1. The van der Waals surface area contributed by atoms with Crippen molar-refractivity contribution in [3.63, 3.8) is 0 Å². The van der Waals surface area contributed by atoms with E-state index >= 15 is 0 Å². The van der Waals surface area contributed by atoms with Crippen molar-refractivity contribution < 1.29 is 14.4 Å². The number of rotatable bonds is 2. The van der Waals surface area contributed by atoms with Crippen LogP contribution < -0.4 is 25.9 Å². The lowest BCUT2D eigenvalue weighted by atomic mass is 10.2. The van der Waals surface area contributed by atoms with E-state index in [2.05, 4.69) is 6.58 Å². The number of allylic oxidation sites excluding steroid dienone is 2. The molecule has 1 aliphatic heterocycles. The van der Waals surface area contributed by atoms with Crippen molar-refractivity contribution in [2.24, 2.45) is 0 Å². The highest BCUT2D eigenvalue weighted by Crippen LogP contribution is 2.08. The lowest BCUT2D eigenvalue weighted by Gasteiger charge is -2.20. The Bertz CT molecular complexity index is 767. The maximum absolute atomic E-state index is 12.2. The van der Waals surface area contributed by atoms with Crippen LogP contribution >= 0.6 is 11.5 Å². The molecular weight excluding hydrogens is 282 g/mol. The van der Waals surface area contributed by atoms with Gasteiger partial charge in [0.05, 0.1) is 9.75 Å². The molecule has 2 rings (SSSR count). The molecule has 0 saturated carbocycles. The molecule has 1 aliphatic rings. The summed E-state index contributed by atoms with van der Waals surface area (Å²) >= 11 is 0.902. The molecule has 2 N–H and O–H groups in total. The van der Waals surface area contributed by atoms with Crippen LogP contribution in [0.1, 0.15) is 13.0 Å². The Hall–Kier alpha value is -2.48. The number of carbonyl (C=O) groups excluding carboxylic acids is 3. The van der Waals surface area contributed by atoms with Crippen molar-refractivity contribution in [1.29, 1.82) is 0 Å². The van der Waals surface area contributed by atoms with Crippen LogP contribution in [0.2, 0.25) is 0 Å². The lowest BCUT2D eigenvalue weighted by molar-refractivity contribution is -0.134. The van der Waals surface area contributed by atoms with Crippen LogP contribution in [0.5, 0.6) is 0 Å². The minimum Gasteiger partial charge on any atom is -0.275 e. The molecule has 8 heteroatoms. The first-order valence-corrected chi connectivity index (χ1v) is 6.42. The first-order valence-electron chi connectivity index (χ1n) is 5.65. The SMILES string of the molecule is C=c1sn(C2C(=O)NC(=O)NC2=O)c(=O)/c1=C/C=C\C. The summed E-state index contributed by atoms with van der Waals surface area (Å²) in [6.45, 7) is 5.51. The third kappa shape index (κ3) is 2.32. The molecule has 20 heavy (non-hydrogen) atoms. The van der Waals surface area contributed by atoms with Gasteiger partial charge in [0.15, 0.2) is 0 Å². The molecule has 1 fully saturated rings.